The number of benzene rings is 2. The zero-order valence-corrected chi connectivity index (χ0v) is 27.3. The lowest BCUT2D eigenvalue weighted by atomic mass is 9.94. The highest BCUT2D eigenvalue weighted by molar-refractivity contribution is 7.90. The Balaban J connectivity index is 2.16. The van der Waals surface area contributed by atoms with E-state index in [-0.39, 0.29) is 24.3 Å². The molecule has 0 spiro atoms. The van der Waals surface area contributed by atoms with Gasteiger partial charge in [-0.3, -0.25) is 0 Å². The molecule has 47 heavy (non-hydrogen) atoms. The number of carbonyl (C=O) groups excluding carboxylic acids is 2. The van der Waals surface area contributed by atoms with Gasteiger partial charge in [0.15, 0.2) is 19.7 Å². The third-order valence-electron chi connectivity index (χ3n) is 6.61. The quantitative estimate of drug-likeness (QED) is 0.306. The fourth-order valence-corrected chi connectivity index (χ4v) is 5.04. The standard InChI is InChI=1S/C31H34F3NO10S2/c1-21-15-25(24-9-7-22(20-36)8-10-24)17-27(29(37)43-11-13-46(2,39)40)28(30(38)44-12-14-47(3,41)42)19-35(21)18-23-5-4-6-26(16-23)45-31(32,33)34/h4-10,15-17,19,21,36H,11-14,18,20H2,1-3H3. The van der Waals surface area contributed by atoms with Gasteiger partial charge in [0.25, 0.3) is 0 Å². The van der Waals surface area contributed by atoms with Gasteiger partial charge in [0.05, 0.1) is 29.3 Å². The topological polar surface area (TPSA) is 154 Å². The van der Waals surface area contributed by atoms with Crippen LogP contribution in [0.15, 0.2) is 78.0 Å². The lowest BCUT2D eigenvalue weighted by Crippen LogP contribution is -2.30. The maximum absolute atomic E-state index is 13.5. The number of ether oxygens (including phenoxy) is 3. The summed E-state index contributed by atoms with van der Waals surface area (Å²) in [6, 6.07) is 11.2. The van der Waals surface area contributed by atoms with Crippen molar-refractivity contribution in [3.63, 3.8) is 0 Å². The summed E-state index contributed by atoms with van der Waals surface area (Å²) in [5.41, 5.74) is 1.13. The predicted octanol–water partition coefficient (Wildman–Crippen LogP) is 3.35. The molecule has 1 aliphatic rings. The SMILES string of the molecule is CC1C=C(c2ccc(CO)cc2)C=C(C(=O)OCCS(C)(=O)=O)C(C(=O)OCCS(C)(=O)=O)=CN1Cc1cccc(OC(F)(F)F)c1. The van der Waals surface area contributed by atoms with Gasteiger partial charge in [-0.1, -0.05) is 42.5 Å². The lowest BCUT2D eigenvalue weighted by molar-refractivity contribution is -0.274. The van der Waals surface area contributed by atoms with E-state index in [1.165, 1.54) is 24.4 Å². The van der Waals surface area contributed by atoms with E-state index in [1.807, 2.05) is 0 Å². The highest BCUT2D eigenvalue weighted by atomic mass is 32.2. The van der Waals surface area contributed by atoms with Crippen LogP contribution in [0.5, 0.6) is 5.75 Å². The van der Waals surface area contributed by atoms with Crippen LogP contribution in [0.4, 0.5) is 13.2 Å². The van der Waals surface area contributed by atoms with Crippen LogP contribution in [0.1, 0.15) is 23.6 Å². The molecule has 16 heteroatoms. The Morgan fingerprint density at radius 3 is 1.98 bits per heavy atom. The van der Waals surface area contributed by atoms with Gasteiger partial charge in [-0.25, -0.2) is 26.4 Å². The summed E-state index contributed by atoms with van der Waals surface area (Å²) in [4.78, 5) is 28.5. The molecule has 256 valence electrons. The first kappa shape index (κ1) is 37.3. The Labute approximate surface area is 270 Å². The summed E-state index contributed by atoms with van der Waals surface area (Å²) in [6.45, 7) is 0.302. The molecule has 1 heterocycles. The van der Waals surface area contributed by atoms with Crippen molar-refractivity contribution in [2.24, 2.45) is 0 Å². The number of halogens is 3. The van der Waals surface area contributed by atoms with Crippen LogP contribution in [0.3, 0.4) is 0 Å². The second-order valence-electron chi connectivity index (χ2n) is 10.7. The van der Waals surface area contributed by atoms with Gasteiger partial charge in [-0.2, -0.15) is 0 Å². The molecule has 0 saturated carbocycles. The summed E-state index contributed by atoms with van der Waals surface area (Å²) >= 11 is 0. The van der Waals surface area contributed by atoms with Crippen LogP contribution < -0.4 is 4.74 Å². The first-order valence-electron chi connectivity index (χ1n) is 14.0. The third kappa shape index (κ3) is 12.5. The smallest absolute Gasteiger partial charge is 0.461 e. The first-order valence-corrected chi connectivity index (χ1v) is 18.1. The normalized spacial score (nSPS) is 15.9. The summed E-state index contributed by atoms with van der Waals surface area (Å²) < 4.78 is 99.8. The molecule has 0 fully saturated rings. The van der Waals surface area contributed by atoms with Gasteiger partial charge >= 0.3 is 18.3 Å². The minimum absolute atomic E-state index is 0.0972. The van der Waals surface area contributed by atoms with Crippen molar-refractivity contribution in [3.8, 4) is 5.75 Å². The number of rotatable bonds is 13. The molecule has 0 amide bonds. The monoisotopic (exact) mass is 701 g/mol. The van der Waals surface area contributed by atoms with Crippen LogP contribution in [0.25, 0.3) is 5.57 Å². The van der Waals surface area contributed by atoms with Crippen molar-refractivity contribution in [3.05, 3.63) is 94.7 Å². The average Bonchev–Trinajstić information content (AvgIpc) is 2.94. The van der Waals surface area contributed by atoms with Gasteiger partial charge in [0.2, 0.25) is 0 Å². The summed E-state index contributed by atoms with van der Waals surface area (Å²) in [5, 5.41) is 9.49. The number of esters is 2. The number of nitrogens with zero attached hydrogens (tertiary/aromatic N) is 1. The Morgan fingerprint density at radius 2 is 1.45 bits per heavy atom. The largest absolute Gasteiger partial charge is 0.573 e. The highest BCUT2D eigenvalue weighted by Crippen LogP contribution is 2.30. The minimum atomic E-state index is -4.93. The average molecular weight is 702 g/mol. The van der Waals surface area contributed by atoms with Crippen molar-refractivity contribution in [2.75, 3.05) is 37.2 Å². The van der Waals surface area contributed by atoms with Gasteiger partial charge in [-0.05, 0) is 47.4 Å². The Hall–Kier alpha value is -4.15. The fraction of sp³-hybridized carbons (Fsp3) is 0.355. The van der Waals surface area contributed by atoms with Crippen molar-refractivity contribution in [1.82, 2.24) is 4.90 Å². The van der Waals surface area contributed by atoms with E-state index in [0.717, 1.165) is 24.6 Å². The number of allylic oxidation sites excluding steroid dienone is 2. The zero-order chi connectivity index (χ0) is 35.0. The third-order valence-corrected chi connectivity index (χ3v) is 8.43. The molecular weight excluding hydrogens is 667 g/mol. The number of aliphatic hydroxyl groups is 1. The molecule has 0 aliphatic carbocycles. The van der Waals surface area contributed by atoms with Crippen LogP contribution in [-0.2, 0) is 51.9 Å². The number of hydrogen-bond donors (Lipinski definition) is 1. The number of sulfone groups is 2. The Kier molecular flexibility index (Phi) is 12.4. The molecule has 1 N–H and O–H groups in total. The van der Waals surface area contributed by atoms with Gasteiger partial charge in [0.1, 0.15) is 19.0 Å². The van der Waals surface area contributed by atoms with Crippen LogP contribution in [0.2, 0.25) is 0 Å². The molecule has 3 rings (SSSR count). The van der Waals surface area contributed by atoms with Gasteiger partial charge in [-0.15, -0.1) is 13.2 Å². The molecule has 0 radical (unpaired) electrons. The van der Waals surface area contributed by atoms with E-state index in [4.69, 9.17) is 9.47 Å². The first-order chi connectivity index (χ1) is 21.8. The molecule has 1 aliphatic heterocycles. The van der Waals surface area contributed by atoms with E-state index in [2.05, 4.69) is 4.74 Å². The molecule has 0 bridgehead atoms. The van der Waals surface area contributed by atoms with Crippen molar-refractivity contribution >= 4 is 37.2 Å². The number of aliphatic hydroxyl groups excluding tert-OH is 1. The van der Waals surface area contributed by atoms with Crippen molar-refractivity contribution in [2.45, 2.75) is 32.5 Å². The molecule has 0 aromatic heterocycles. The van der Waals surface area contributed by atoms with E-state index in [9.17, 15) is 44.7 Å². The van der Waals surface area contributed by atoms with E-state index >= 15 is 0 Å². The van der Waals surface area contributed by atoms with Crippen LogP contribution >= 0.6 is 0 Å². The fourth-order valence-electron chi connectivity index (χ4n) is 4.27. The molecule has 1 unspecified atom stereocenters. The molecule has 2 aromatic carbocycles. The molecular formula is C31H34F3NO10S2. The number of alkyl halides is 3. The number of carbonyl (C=O) groups is 2. The predicted molar refractivity (Wildman–Crippen MR) is 166 cm³/mol. The van der Waals surface area contributed by atoms with Crippen molar-refractivity contribution in [1.29, 1.82) is 0 Å². The molecule has 0 saturated heterocycles. The van der Waals surface area contributed by atoms with E-state index in [0.29, 0.717) is 22.3 Å². The van der Waals surface area contributed by atoms with Crippen LogP contribution in [-0.4, -0.2) is 88.4 Å². The second kappa shape index (κ2) is 15.6. The lowest BCUT2D eigenvalue weighted by Gasteiger charge is -2.29. The Morgan fingerprint density at radius 1 is 0.872 bits per heavy atom. The number of hydrogen-bond acceptors (Lipinski definition) is 11. The minimum Gasteiger partial charge on any atom is -0.461 e. The second-order valence-corrected chi connectivity index (χ2v) is 15.2. The highest BCUT2D eigenvalue weighted by Gasteiger charge is 2.32. The summed E-state index contributed by atoms with van der Waals surface area (Å²) in [5.74, 6) is -3.70. The Bertz CT molecular complexity index is 1760. The van der Waals surface area contributed by atoms with Crippen LogP contribution in [0, 0.1) is 0 Å². The molecule has 1 atom stereocenters. The van der Waals surface area contributed by atoms with E-state index in [1.54, 1.807) is 42.2 Å². The van der Waals surface area contributed by atoms with E-state index < -0.39 is 74.5 Å². The maximum atomic E-state index is 13.5. The zero-order valence-electron chi connectivity index (χ0n) is 25.7. The van der Waals surface area contributed by atoms with Gasteiger partial charge < -0.3 is 24.2 Å². The molecule has 2 aromatic rings. The van der Waals surface area contributed by atoms with Gasteiger partial charge in [0, 0.05) is 31.3 Å². The molecule has 11 nitrogen and oxygen atoms in total. The van der Waals surface area contributed by atoms with Crippen molar-refractivity contribution < 1.29 is 58.9 Å². The summed E-state index contributed by atoms with van der Waals surface area (Å²) in [7, 11) is -7.06. The maximum Gasteiger partial charge on any atom is 0.573 e. The summed E-state index contributed by atoms with van der Waals surface area (Å²) in [6.07, 6.45) is 1.26.